The minimum atomic E-state index is 0.408. The van der Waals surface area contributed by atoms with E-state index in [-0.39, 0.29) is 0 Å². The smallest absolute Gasteiger partial charge is 0.0521 e. The van der Waals surface area contributed by atoms with Gasteiger partial charge in [0, 0.05) is 19.8 Å². The molecule has 1 aromatic rings. The molecule has 0 aliphatic carbocycles. The highest BCUT2D eigenvalue weighted by Crippen LogP contribution is 2.26. The van der Waals surface area contributed by atoms with E-state index in [1.165, 1.54) is 24.8 Å². The fourth-order valence-corrected chi connectivity index (χ4v) is 2.00. The molecule has 0 aromatic carbocycles. The highest BCUT2D eigenvalue weighted by atomic mass is 15.2. The van der Waals surface area contributed by atoms with Gasteiger partial charge in [0.15, 0.2) is 0 Å². The van der Waals surface area contributed by atoms with E-state index in [1.807, 2.05) is 17.9 Å². The number of nitrogens with one attached hydrogen (secondary N) is 1. The fourth-order valence-electron chi connectivity index (χ4n) is 2.00. The Morgan fingerprint density at radius 2 is 2.18 bits per heavy atom. The van der Waals surface area contributed by atoms with Gasteiger partial charge in [0.25, 0.3) is 0 Å². The average molecular weight is 237 g/mol. The summed E-state index contributed by atoms with van der Waals surface area (Å²) in [4.78, 5) is 0. The zero-order valence-electron chi connectivity index (χ0n) is 11.8. The lowest BCUT2D eigenvalue weighted by atomic mass is 9.82. The van der Waals surface area contributed by atoms with Crippen LogP contribution in [0.25, 0.3) is 0 Å². The maximum atomic E-state index is 4.22. The second-order valence-electron chi connectivity index (χ2n) is 5.36. The predicted molar refractivity (Wildman–Crippen MR) is 73.1 cm³/mol. The van der Waals surface area contributed by atoms with Crippen LogP contribution in [-0.2, 0) is 13.5 Å². The first-order chi connectivity index (χ1) is 8.09. The lowest BCUT2D eigenvalue weighted by molar-refractivity contribution is 0.270. The number of aromatic nitrogens is 2. The van der Waals surface area contributed by atoms with Crippen LogP contribution in [0.15, 0.2) is 12.4 Å². The molecule has 1 atom stereocenters. The molecule has 1 aromatic heterocycles. The molecule has 98 valence electrons. The first-order valence-electron chi connectivity index (χ1n) is 6.78. The monoisotopic (exact) mass is 237 g/mol. The average Bonchev–Trinajstić information content (AvgIpc) is 2.73. The minimum absolute atomic E-state index is 0.408. The number of aryl methyl sites for hydroxylation is 2. The maximum Gasteiger partial charge on any atom is 0.0521 e. The van der Waals surface area contributed by atoms with Gasteiger partial charge in [-0.3, -0.25) is 4.68 Å². The van der Waals surface area contributed by atoms with Crippen LogP contribution in [0.4, 0.5) is 0 Å². The van der Waals surface area contributed by atoms with E-state index in [4.69, 9.17) is 0 Å². The fraction of sp³-hybridized carbons (Fsp3) is 0.786. The van der Waals surface area contributed by atoms with Crippen molar-refractivity contribution in [1.29, 1.82) is 0 Å². The van der Waals surface area contributed by atoms with Crippen molar-refractivity contribution < 1.29 is 0 Å². The third-order valence-corrected chi connectivity index (χ3v) is 3.61. The SMILES string of the molecule is CCCNCC(C)(CC)CCc1cnn(C)c1. The molecule has 1 heterocycles. The maximum absolute atomic E-state index is 4.22. The van der Waals surface area contributed by atoms with Gasteiger partial charge >= 0.3 is 0 Å². The molecule has 0 fully saturated rings. The summed E-state index contributed by atoms with van der Waals surface area (Å²) in [7, 11) is 1.98. The minimum Gasteiger partial charge on any atom is -0.316 e. The molecule has 1 N–H and O–H groups in total. The molecule has 0 saturated carbocycles. The molecule has 1 rings (SSSR count). The van der Waals surface area contributed by atoms with Gasteiger partial charge in [0.1, 0.15) is 0 Å². The molecule has 0 saturated heterocycles. The zero-order chi connectivity index (χ0) is 12.7. The van der Waals surface area contributed by atoms with Crippen LogP contribution in [0, 0.1) is 5.41 Å². The molecule has 0 bridgehead atoms. The van der Waals surface area contributed by atoms with Gasteiger partial charge in [-0.1, -0.05) is 20.8 Å². The van der Waals surface area contributed by atoms with E-state index >= 15 is 0 Å². The summed E-state index contributed by atoms with van der Waals surface area (Å²) in [5, 5.41) is 7.77. The van der Waals surface area contributed by atoms with Crippen LogP contribution < -0.4 is 5.32 Å². The van der Waals surface area contributed by atoms with Crippen molar-refractivity contribution >= 4 is 0 Å². The van der Waals surface area contributed by atoms with Crippen LogP contribution >= 0.6 is 0 Å². The Bertz CT molecular complexity index is 319. The Hall–Kier alpha value is -0.830. The van der Waals surface area contributed by atoms with Gasteiger partial charge in [-0.25, -0.2) is 0 Å². The molecule has 0 aliphatic rings. The first-order valence-corrected chi connectivity index (χ1v) is 6.78. The molecular weight excluding hydrogens is 210 g/mol. The van der Waals surface area contributed by atoms with Crippen molar-refractivity contribution in [2.75, 3.05) is 13.1 Å². The molecule has 0 radical (unpaired) electrons. The van der Waals surface area contributed by atoms with Crippen LogP contribution in [0.1, 0.15) is 45.6 Å². The van der Waals surface area contributed by atoms with Crippen molar-refractivity contribution in [1.82, 2.24) is 15.1 Å². The van der Waals surface area contributed by atoms with Crippen LogP contribution in [0.2, 0.25) is 0 Å². The van der Waals surface area contributed by atoms with Crippen LogP contribution in [0.3, 0.4) is 0 Å². The molecular formula is C14H27N3. The van der Waals surface area contributed by atoms with Crippen molar-refractivity contribution in [3.8, 4) is 0 Å². The molecule has 3 nitrogen and oxygen atoms in total. The van der Waals surface area contributed by atoms with E-state index in [9.17, 15) is 0 Å². The molecule has 17 heavy (non-hydrogen) atoms. The van der Waals surface area contributed by atoms with Crippen LogP contribution in [0.5, 0.6) is 0 Å². The van der Waals surface area contributed by atoms with Crippen molar-refractivity contribution in [3.05, 3.63) is 18.0 Å². The van der Waals surface area contributed by atoms with Gasteiger partial charge < -0.3 is 5.32 Å². The van der Waals surface area contributed by atoms with E-state index in [1.54, 1.807) is 0 Å². The Morgan fingerprint density at radius 3 is 2.71 bits per heavy atom. The summed E-state index contributed by atoms with van der Waals surface area (Å²) in [5.41, 5.74) is 1.76. The van der Waals surface area contributed by atoms with Crippen molar-refractivity contribution in [2.45, 2.75) is 46.5 Å². The lowest BCUT2D eigenvalue weighted by Gasteiger charge is -2.28. The summed E-state index contributed by atoms with van der Waals surface area (Å²) in [6, 6.07) is 0. The zero-order valence-corrected chi connectivity index (χ0v) is 11.8. The van der Waals surface area contributed by atoms with Crippen molar-refractivity contribution in [3.63, 3.8) is 0 Å². The number of rotatable bonds is 8. The van der Waals surface area contributed by atoms with E-state index in [2.05, 4.69) is 37.4 Å². The Morgan fingerprint density at radius 1 is 1.41 bits per heavy atom. The summed E-state index contributed by atoms with van der Waals surface area (Å²) in [6.07, 6.45) is 8.90. The van der Waals surface area contributed by atoms with E-state index in [0.29, 0.717) is 5.41 Å². The first kappa shape index (κ1) is 14.2. The topological polar surface area (TPSA) is 29.9 Å². The number of nitrogens with zero attached hydrogens (tertiary/aromatic N) is 2. The van der Waals surface area contributed by atoms with Gasteiger partial charge in [0.05, 0.1) is 6.20 Å². The molecule has 3 heteroatoms. The van der Waals surface area contributed by atoms with Gasteiger partial charge in [-0.05, 0) is 43.2 Å². The summed E-state index contributed by atoms with van der Waals surface area (Å²) >= 11 is 0. The van der Waals surface area contributed by atoms with Crippen molar-refractivity contribution in [2.24, 2.45) is 12.5 Å². The second kappa shape index (κ2) is 6.80. The summed E-state index contributed by atoms with van der Waals surface area (Å²) in [5.74, 6) is 0. The van der Waals surface area contributed by atoms with E-state index in [0.717, 1.165) is 19.5 Å². The largest absolute Gasteiger partial charge is 0.316 e. The number of hydrogen-bond donors (Lipinski definition) is 1. The summed E-state index contributed by atoms with van der Waals surface area (Å²) in [6.45, 7) is 9.13. The Labute approximate surface area is 106 Å². The molecule has 0 amide bonds. The molecule has 0 aliphatic heterocycles. The lowest BCUT2D eigenvalue weighted by Crippen LogP contribution is -2.32. The third kappa shape index (κ3) is 4.90. The standard InChI is InChI=1S/C14H27N3/c1-5-9-15-12-14(3,6-2)8-7-13-10-16-17(4)11-13/h10-11,15H,5-9,12H2,1-4H3. The molecule has 1 unspecified atom stereocenters. The quantitative estimate of drug-likeness (QED) is 0.705. The second-order valence-corrected chi connectivity index (χ2v) is 5.36. The van der Waals surface area contributed by atoms with E-state index < -0.39 is 0 Å². The van der Waals surface area contributed by atoms with Gasteiger partial charge in [-0.15, -0.1) is 0 Å². The summed E-state index contributed by atoms with van der Waals surface area (Å²) < 4.78 is 1.88. The predicted octanol–water partition coefficient (Wildman–Crippen LogP) is 2.77. The Kier molecular flexibility index (Phi) is 5.69. The Balaban J connectivity index is 2.39. The molecule has 0 spiro atoms. The highest BCUT2D eigenvalue weighted by molar-refractivity contribution is 5.04. The van der Waals surface area contributed by atoms with Gasteiger partial charge in [-0.2, -0.15) is 5.10 Å². The number of hydrogen-bond acceptors (Lipinski definition) is 2. The van der Waals surface area contributed by atoms with Crippen LogP contribution in [-0.4, -0.2) is 22.9 Å². The normalized spacial score (nSPS) is 14.8. The van der Waals surface area contributed by atoms with Gasteiger partial charge in [0.2, 0.25) is 0 Å². The third-order valence-electron chi connectivity index (χ3n) is 3.61. The highest BCUT2D eigenvalue weighted by Gasteiger charge is 2.21.